The van der Waals surface area contributed by atoms with Crippen molar-refractivity contribution in [1.82, 2.24) is 0 Å². The highest BCUT2D eigenvalue weighted by Crippen LogP contribution is 2.51. The Morgan fingerprint density at radius 3 is 2.36 bits per heavy atom. The summed E-state index contributed by atoms with van der Waals surface area (Å²) in [5, 5.41) is 27.3. The van der Waals surface area contributed by atoms with E-state index in [9.17, 15) is 13.5 Å². The first-order chi connectivity index (χ1) is 6.41. The molecule has 0 amide bonds. The van der Waals surface area contributed by atoms with Crippen molar-refractivity contribution in [3.8, 4) is 28.7 Å². The van der Waals surface area contributed by atoms with Crippen LogP contribution in [0, 0.1) is 0 Å². The topological polar surface area (TPSA) is 113 Å². The first-order valence-electron chi connectivity index (χ1n) is 3.32. The van der Waals surface area contributed by atoms with Gasteiger partial charge in [0.2, 0.25) is 17.2 Å². The Labute approximate surface area is 78.1 Å². The molecule has 0 radical (unpaired) electrons. The van der Waals surface area contributed by atoms with Crippen LogP contribution >= 0.6 is 0 Å². The summed E-state index contributed by atoms with van der Waals surface area (Å²) in [7, 11) is -4.32. The Bertz CT molecular complexity index is 497. The third-order valence-corrected chi connectivity index (χ3v) is 2.31. The van der Waals surface area contributed by atoms with E-state index in [1.54, 1.807) is 0 Å². The monoisotopic (exact) mass is 220 g/mol. The Hall–Kier alpha value is -1.83. The van der Waals surface area contributed by atoms with Crippen molar-refractivity contribution in [3.05, 3.63) is 6.07 Å². The normalized spacial score (nSPS) is 16.9. The summed E-state index contributed by atoms with van der Waals surface area (Å²) in [6.07, 6.45) is 0. The second-order valence-corrected chi connectivity index (χ2v) is 3.64. The van der Waals surface area contributed by atoms with Crippen LogP contribution in [-0.4, -0.2) is 23.7 Å². The van der Waals surface area contributed by atoms with Crippen LogP contribution in [0.3, 0.4) is 0 Å². The van der Waals surface area contributed by atoms with Crippen molar-refractivity contribution in [3.63, 3.8) is 0 Å². The van der Waals surface area contributed by atoms with Gasteiger partial charge in [0, 0.05) is 6.07 Å². The molecule has 0 atom stereocenters. The van der Waals surface area contributed by atoms with Crippen molar-refractivity contribution in [2.45, 2.75) is 0 Å². The molecular weight excluding hydrogens is 216 g/mol. The van der Waals surface area contributed by atoms with Crippen LogP contribution in [0.5, 0.6) is 28.7 Å². The standard InChI is InChI=1S/C6H4O7S/c7-2-1-3-5(9)6(4(2)8)13-14(10,11)12-3/h1,7-9H. The van der Waals surface area contributed by atoms with E-state index in [-0.39, 0.29) is 0 Å². The van der Waals surface area contributed by atoms with Gasteiger partial charge in [-0.25, -0.2) is 0 Å². The summed E-state index contributed by atoms with van der Waals surface area (Å²) in [6, 6.07) is 0.758. The maximum Gasteiger partial charge on any atom is 0.501 e. The van der Waals surface area contributed by atoms with Gasteiger partial charge in [0.15, 0.2) is 11.5 Å². The zero-order chi connectivity index (χ0) is 10.5. The summed E-state index contributed by atoms with van der Waals surface area (Å²) in [5.41, 5.74) is 0. The predicted octanol–water partition coefficient (Wildman–Crippen LogP) is -0.181. The molecule has 1 aliphatic heterocycles. The summed E-state index contributed by atoms with van der Waals surface area (Å²) < 4.78 is 29.9. The van der Waals surface area contributed by atoms with E-state index in [1.165, 1.54) is 0 Å². The Morgan fingerprint density at radius 1 is 1.07 bits per heavy atom. The van der Waals surface area contributed by atoms with Crippen LogP contribution in [-0.2, 0) is 10.4 Å². The SMILES string of the molecule is O=S1(=O)Oc2cc(O)c(O)c(c2O)O1. The molecule has 8 heteroatoms. The van der Waals surface area contributed by atoms with Gasteiger partial charge < -0.3 is 23.7 Å². The lowest BCUT2D eigenvalue weighted by Crippen LogP contribution is -2.20. The molecule has 2 rings (SSSR count). The molecule has 1 aliphatic rings. The van der Waals surface area contributed by atoms with Gasteiger partial charge in [-0.2, -0.15) is 0 Å². The minimum absolute atomic E-state index is 0.499. The van der Waals surface area contributed by atoms with Gasteiger partial charge in [-0.3, -0.25) is 0 Å². The molecule has 0 spiro atoms. The number of aromatic hydroxyl groups is 3. The van der Waals surface area contributed by atoms with Crippen molar-refractivity contribution < 1.29 is 32.1 Å². The first-order valence-corrected chi connectivity index (χ1v) is 4.66. The molecule has 0 aliphatic carbocycles. The average Bonchev–Trinajstić information content (AvgIpc) is 2.06. The minimum atomic E-state index is -4.32. The van der Waals surface area contributed by atoms with Gasteiger partial charge in [0.1, 0.15) is 0 Å². The maximum atomic E-state index is 10.8. The summed E-state index contributed by atoms with van der Waals surface area (Å²) in [5.74, 6) is -3.44. The van der Waals surface area contributed by atoms with Crippen LogP contribution in [0.25, 0.3) is 0 Å². The molecule has 1 aromatic rings. The fourth-order valence-electron chi connectivity index (χ4n) is 0.973. The second kappa shape index (κ2) is 2.35. The highest BCUT2D eigenvalue weighted by atomic mass is 32.3. The highest BCUT2D eigenvalue weighted by Gasteiger charge is 2.33. The van der Waals surface area contributed by atoms with Crippen molar-refractivity contribution in [2.24, 2.45) is 0 Å². The van der Waals surface area contributed by atoms with Gasteiger partial charge in [-0.05, 0) is 0 Å². The molecule has 14 heavy (non-hydrogen) atoms. The van der Waals surface area contributed by atoms with Crippen LogP contribution in [0.15, 0.2) is 6.07 Å². The lowest BCUT2D eigenvalue weighted by atomic mass is 10.2. The number of benzene rings is 1. The zero-order valence-electron chi connectivity index (χ0n) is 6.46. The highest BCUT2D eigenvalue weighted by molar-refractivity contribution is 7.82. The van der Waals surface area contributed by atoms with Crippen LogP contribution in [0.4, 0.5) is 0 Å². The van der Waals surface area contributed by atoms with Gasteiger partial charge in [-0.1, -0.05) is 0 Å². The molecule has 0 aromatic heterocycles. The molecular formula is C6H4O7S. The first kappa shape index (κ1) is 8.75. The third kappa shape index (κ3) is 1.08. The Morgan fingerprint density at radius 2 is 1.71 bits per heavy atom. The molecule has 0 fully saturated rings. The van der Waals surface area contributed by atoms with Crippen LogP contribution in [0.1, 0.15) is 0 Å². The molecule has 0 saturated carbocycles. The van der Waals surface area contributed by atoms with Gasteiger partial charge in [0.25, 0.3) is 0 Å². The smallest absolute Gasteiger partial charge is 0.501 e. The van der Waals surface area contributed by atoms with Crippen molar-refractivity contribution in [2.75, 3.05) is 0 Å². The summed E-state index contributed by atoms with van der Waals surface area (Å²) in [6.45, 7) is 0. The fourth-order valence-corrected chi connectivity index (χ4v) is 1.72. The van der Waals surface area contributed by atoms with E-state index in [1.807, 2.05) is 0 Å². The molecule has 3 N–H and O–H groups in total. The molecule has 0 saturated heterocycles. The number of fused-ring (bicyclic) bond motifs is 2. The number of phenols is 3. The van der Waals surface area contributed by atoms with Gasteiger partial charge >= 0.3 is 10.4 Å². The van der Waals surface area contributed by atoms with Crippen molar-refractivity contribution in [1.29, 1.82) is 0 Å². The van der Waals surface area contributed by atoms with Crippen molar-refractivity contribution >= 4 is 10.4 Å². The Kier molecular flexibility index (Phi) is 1.47. The number of phenolic OH excluding ortho intramolecular Hbond substituents is 3. The largest absolute Gasteiger partial charge is 0.504 e. The zero-order valence-corrected chi connectivity index (χ0v) is 7.28. The molecule has 7 nitrogen and oxygen atoms in total. The van der Waals surface area contributed by atoms with Gasteiger partial charge in [-0.15, -0.1) is 8.42 Å². The Balaban J connectivity index is 2.76. The minimum Gasteiger partial charge on any atom is -0.504 e. The molecule has 76 valence electrons. The lowest BCUT2D eigenvalue weighted by Gasteiger charge is -2.17. The molecule has 1 heterocycles. The van der Waals surface area contributed by atoms with E-state index in [0.29, 0.717) is 0 Å². The third-order valence-electron chi connectivity index (χ3n) is 1.55. The number of rotatable bonds is 0. The van der Waals surface area contributed by atoms with E-state index < -0.39 is 39.1 Å². The summed E-state index contributed by atoms with van der Waals surface area (Å²) >= 11 is 0. The quantitative estimate of drug-likeness (QED) is 0.410. The van der Waals surface area contributed by atoms with Crippen LogP contribution < -0.4 is 8.37 Å². The number of hydrogen-bond donors (Lipinski definition) is 3. The van der Waals surface area contributed by atoms with E-state index in [0.717, 1.165) is 6.07 Å². The molecule has 2 bridgehead atoms. The molecule has 0 unspecified atom stereocenters. The number of hydrogen-bond acceptors (Lipinski definition) is 7. The van der Waals surface area contributed by atoms with E-state index in [4.69, 9.17) is 10.2 Å². The lowest BCUT2D eigenvalue weighted by molar-refractivity contribution is 0.312. The fraction of sp³-hybridized carbons (Fsp3) is 0. The maximum absolute atomic E-state index is 10.8. The predicted molar refractivity (Wildman–Crippen MR) is 41.6 cm³/mol. The van der Waals surface area contributed by atoms with E-state index in [2.05, 4.69) is 8.37 Å². The second-order valence-electron chi connectivity index (χ2n) is 2.50. The average molecular weight is 220 g/mol. The molecule has 1 aromatic carbocycles. The summed E-state index contributed by atoms with van der Waals surface area (Å²) in [4.78, 5) is 0. The van der Waals surface area contributed by atoms with Crippen LogP contribution in [0.2, 0.25) is 0 Å². The van der Waals surface area contributed by atoms with Gasteiger partial charge in [0.05, 0.1) is 0 Å². The van der Waals surface area contributed by atoms with E-state index >= 15 is 0 Å².